The molecule has 29 heavy (non-hydrogen) atoms. The fraction of sp³-hybridized carbons (Fsp3) is 0. The Hall–Kier alpha value is -3.00. The maximum atomic E-state index is 12.9. The Morgan fingerprint density at radius 1 is 0.793 bits per heavy atom. The fourth-order valence-corrected chi connectivity index (χ4v) is 6.28. The van der Waals surface area contributed by atoms with Crippen molar-refractivity contribution in [3.63, 3.8) is 0 Å². The average molecular weight is 431 g/mol. The molecule has 0 unspecified atom stereocenters. The Kier molecular flexibility index (Phi) is 3.64. The van der Waals surface area contributed by atoms with Gasteiger partial charge < -0.3 is 0 Å². The minimum atomic E-state index is -0.235. The van der Waals surface area contributed by atoms with Crippen LogP contribution in [0.15, 0.2) is 59.5 Å². The summed E-state index contributed by atoms with van der Waals surface area (Å²) in [7, 11) is 0. The van der Waals surface area contributed by atoms with Gasteiger partial charge >= 0.3 is 0 Å². The van der Waals surface area contributed by atoms with Crippen LogP contribution < -0.4 is 0 Å². The molecule has 0 saturated carbocycles. The third kappa shape index (κ3) is 2.62. The largest absolute Gasteiger partial charge is 0.288 e. The smallest absolute Gasteiger partial charge is 0.197 e. The van der Waals surface area contributed by atoms with E-state index in [4.69, 9.17) is 0 Å². The molecule has 0 spiro atoms. The van der Waals surface area contributed by atoms with Crippen LogP contribution in [0.25, 0.3) is 36.4 Å². The van der Waals surface area contributed by atoms with Crippen molar-refractivity contribution in [1.29, 1.82) is 0 Å². The summed E-state index contributed by atoms with van der Waals surface area (Å²) in [6.07, 6.45) is 1.61. The summed E-state index contributed by atoms with van der Waals surface area (Å²) in [5, 5.41) is 5.50. The maximum Gasteiger partial charge on any atom is 0.197 e. The molecule has 0 aliphatic heterocycles. The Bertz CT molecular complexity index is 1400. The minimum absolute atomic E-state index is 0.176. The molecular formula is C22H10N2O2S3. The van der Waals surface area contributed by atoms with Crippen molar-refractivity contribution in [1.82, 2.24) is 9.97 Å². The van der Waals surface area contributed by atoms with Crippen LogP contribution in [0, 0.1) is 0 Å². The number of thiophene rings is 1. The van der Waals surface area contributed by atoms with Crippen LogP contribution >= 0.6 is 34.0 Å². The second-order valence-corrected chi connectivity index (χ2v) is 9.55. The summed E-state index contributed by atoms with van der Waals surface area (Å²) in [5.41, 5.74) is 1.11. The fourth-order valence-electron chi connectivity index (χ4n) is 3.49. The van der Waals surface area contributed by atoms with Gasteiger partial charge in [0.1, 0.15) is 10.0 Å². The molecule has 0 radical (unpaired) electrons. The molecular weight excluding hydrogens is 420 g/mol. The number of carbonyl (C=O) groups is 2. The molecule has 1 aliphatic carbocycles. The van der Waals surface area contributed by atoms with E-state index < -0.39 is 0 Å². The third-order valence-corrected chi connectivity index (χ3v) is 7.87. The summed E-state index contributed by atoms with van der Waals surface area (Å²) in [6, 6.07) is 15.4. The van der Waals surface area contributed by atoms with E-state index in [1.54, 1.807) is 29.5 Å². The zero-order chi connectivity index (χ0) is 19.5. The van der Waals surface area contributed by atoms with E-state index in [2.05, 4.69) is 9.97 Å². The van der Waals surface area contributed by atoms with Crippen LogP contribution in [-0.2, 0) is 0 Å². The summed E-state index contributed by atoms with van der Waals surface area (Å²) >= 11 is 4.57. The Morgan fingerprint density at radius 2 is 1.48 bits per heavy atom. The normalized spacial score (nSPS) is 13.6. The Balaban J connectivity index is 1.41. The molecule has 4 nitrogen and oxygen atoms in total. The first kappa shape index (κ1) is 16.9. The number of carbonyl (C=O) groups excluding carboxylic acids is 2. The second kappa shape index (κ2) is 6.25. The van der Waals surface area contributed by atoms with Crippen molar-refractivity contribution in [2.75, 3.05) is 0 Å². The molecule has 6 rings (SSSR count). The molecule has 0 N–H and O–H groups in total. The number of rotatable bonds is 2. The van der Waals surface area contributed by atoms with E-state index in [0.717, 1.165) is 30.3 Å². The number of aromatic nitrogens is 2. The monoisotopic (exact) mass is 430 g/mol. The number of thiazole rings is 2. The van der Waals surface area contributed by atoms with Crippen molar-refractivity contribution in [3.05, 3.63) is 75.6 Å². The van der Waals surface area contributed by atoms with E-state index in [0.29, 0.717) is 16.1 Å². The lowest BCUT2D eigenvalue weighted by Gasteiger charge is -2.00. The molecule has 138 valence electrons. The lowest BCUT2D eigenvalue weighted by atomic mass is 10.0. The van der Waals surface area contributed by atoms with Crippen molar-refractivity contribution in [2.24, 2.45) is 0 Å². The van der Waals surface area contributed by atoms with Gasteiger partial charge in [-0.3, -0.25) is 9.59 Å². The summed E-state index contributed by atoms with van der Waals surface area (Å²) in [5.74, 6) is -0.469. The molecule has 0 fully saturated rings. The predicted octanol–water partition coefficient (Wildman–Crippen LogP) is 6.10. The van der Waals surface area contributed by atoms with Gasteiger partial charge in [0.05, 0.1) is 10.5 Å². The SMILES string of the molecule is O=C1C(=Cc2nc3sc(-c4cccs4)nc3s2)C(=O)c2cc3ccccc3cc21. The minimum Gasteiger partial charge on any atom is -0.288 e. The molecule has 1 aliphatic rings. The maximum absolute atomic E-state index is 12.9. The van der Waals surface area contributed by atoms with E-state index in [1.807, 2.05) is 41.8 Å². The second-order valence-electron chi connectivity index (χ2n) is 6.62. The van der Waals surface area contributed by atoms with E-state index in [-0.39, 0.29) is 17.1 Å². The molecule has 3 heterocycles. The topological polar surface area (TPSA) is 59.9 Å². The number of Topliss-reactive ketones (excluding diaryl/α,β-unsaturated/α-hetero) is 2. The van der Waals surface area contributed by atoms with Gasteiger partial charge in [0, 0.05) is 11.1 Å². The molecule has 0 saturated heterocycles. The van der Waals surface area contributed by atoms with E-state index >= 15 is 0 Å². The van der Waals surface area contributed by atoms with Crippen LogP contribution in [-0.4, -0.2) is 21.5 Å². The van der Waals surface area contributed by atoms with Crippen molar-refractivity contribution < 1.29 is 9.59 Å². The number of hydrogen-bond donors (Lipinski definition) is 0. The standard InChI is InChI=1S/C22H10N2O2S3/c25-18-13-8-11-4-1-2-5-12(11)9-14(13)19(26)15(18)10-17-23-21-22(28-17)24-20(29-21)16-6-3-7-27-16/h1-10H. The summed E-state index contributed by atoms with van der Waals surface area (Å²) < 4.78 is 0. The molecule has 3 aromatic heterocycles. The first-order chi connectivity index (χ1) is 14.2. The molecule has 0 atom stereocenters. The van der Waals surface area contributed by atoms with Crippen molar-refractivity contribution >= 4 is 72.1 Å². The number of allylic oxidation sites excluding steroid dienone is 1. The third-order valence-electron chi connectivity index (χ3n) is 4.86. The van der Waals surface area contributed by atoms with Gasteiger partial charge in [0.25, 0.3) is 0 Å². The molecule has 2 aromatic carbocycles. The van der Waals surface area contributed by atoms with E-state index in [9.17, 15) is 9.59 Å². The highest BCUT2D eigenvalue weighted by Crippen LogP contribution is 2.37. The molecule has 0 bridgehead atoms. The average Bonchev–Trinajstić information content (AvgIpc) is 3.48. The van der Waals surface area contributed by atoms with Gasteiger partial charge in [-0.1, -0.05) is 53.0 Å². The highest BCUT2D eigenvalue weighted by atomic mass is 32.1. The van der Waals surface area contributed by atoms with Crippen LogP contribution in [0.3, 0.4) is 0 Å². The van der Waals surface area contributed by atoms with Gasteiger partial charge in [-0.05, 0) is 40.4 Å². The number of nitrogens with zero attached hydrogens (tertiary/aromatic N) is 2. The van der Waals surface area contributed by atoms with Crippen molar-refractivity contribution in [2.45, 2.75) is 0 Å². The Morgan fingerprint density at radius 3 is 2.10 bits per heavy atom. The van der Waals surface area contributed by atoms with Crippen LogP contribution in [0.4, 0.5) is 0 Å². The van der Waals surface area contributed by atoms with Gasteiger partial charge in [-0.15, -0.1) is 11.3 Å². The highest BCUT2D eigenvalue weighted by molar-refractivity contribution is 7.29. The molecule has 7 heteroatoms. The first-order valence-corrected chi connectivity index (χ1v) is 11.3. The zero-order valence-corrected chi connectivity index (χ0v) is 17.2. The first-order valence-electron chi connectivity index (χ1n) is 8.82. The lowest BCUT2D eigenvalue weighted by molar-refractivity contribution is 0.0990. The predicted molar refractivity (Wildman–Crippen MR) is 119 cm³/mol. The van der Waals surface area contributed by atoms with Crippen molar-refractivity contribution in [3.8, 4) is 9.88 Å². The number of ketones is 2. The quantitative estimate of drug-likeness (QED) is 0.251. The summed E-state index contributed by atoms with van der Waals surface area (Å²) in [6.45, 7) is 0. The number of hydrogen-bond acceptors (Lipinski definition) is 7. The van der Waals surface area contributed by atoms with Gasteiger partial charge in [-0.2, -0.15) is 0 Å². The number of fused-ring (bicyclic) bond motifs is 3. The van der Waals surface area contributed by atoms with Crippen LogP contribution in [0.1, 0.15) is 25.7 Å². The van der Waals surface area contributed by atoms with E-state index in [1.165, 1.54) is 22.7 Å². The highest BCUT2D eigenvalue weighted by Gasteiger charge is 2.33. The van der Waals surface area contributed by atoms with Gasteiger partial charge in [0.15, 0.2) is 21.2 Å². The number of benzene rings is 2. The van der Waals surface area contributed by atoms with Gasteiger partial charge in [0.2, 0.25) is 0 Å². The van der Waals surface area contributed by atoms with Crippen LogP contribution in [0.5, 0.6) is 0 Å². The molecule has 5 aromatic rings. The summed E-state index contributed by atoms with van der Waals surface area (Å²) in [4.78, 5) is 37.8. The molecule has 0 amide bonds. The zero-order valence-electron chi connectivity index (χ0n) is 14.7. The Labute approximate surface area is 176 Å². The lowest BCUT2D eigenvalue weighted by Crippen LogP contribution is -1.99. The van der Waals surface area contributed by atoms with Gasteiger partial charge in [-0.25, -0.2) is 9.97 Å². The van der Waals surface area contributed by atoms with Crippen LogP contribution in [0.2, 0.25) is 0 Å².